The van der Waals surface area contributed by atoms with E-state index in [1.165, 1.54) is 27.5 Å². The number of methoxy groups -OCH3 is 1. The molecule has 3 aromatic heterocycles. The third-order valence-electron chi connectivity index (χ3n) is 8.05. The highest BCUT2D eigenvalue weighted by Gasteiger charge is 2.47. The van der Waals surface area contributed by atoms with E-state index >= 15 is 0 Å². The van der Waals surface area contributed by atoms with Gasteiger partial charge in [0.2, 0.25) is 0 Å². The number of nitrogens with two attached hydrogens (primary N) is 1. The Bertz CT molecular complexity index is 1580. The summed E-state index contributed by atoms with van der Waals surface area (Å²) in [5.74, 6) is 0.853. The molecule has 0 bridgehead atoms. The van der Waals surface area contributed by atoms with Gasteiger partial charge in [0, 0.05) is 30.0 Å². The molecule has 9 nitrogen and oxygen atoms in total. The first-order chi connectivity index (χ1) is 18.7. The van der Waals surface area contributed by atoms with E-state index in [-0.39, 0.29) is 17.0 Å². The van der Waals surface area contributed by atoms with Gasteiger partial charge in [-0.25, -0.2) is 19.9 Å². The summed E-state index contributed by atoms with van der Waals surface area (Å²) in [6.45, 7) is 5.98. The number of hydrogen-bond acceptors (Lipinski definition) is 10. The lowest BCUT2D eigenvalue weighted by molar-refractivity contribution is 0.00728. The first kappa shape index (κ1) is 26.6. The first-order valence-corrected chi connectivity index (χ1v) is 14.9. The maximum Gasteiger partial charge on any atom is 0.262 e. The Morgan fingerprint density at radius 3 is 2.69 bits per heavy atom. The fraction of sp³-hybridized carbons (Fsp3) is 0.444. The molecule has 0 saturated carbocycles. The van der Waals surface area contributed by atoms with Crippen molar-refractivity contribution in [3.05, 3.63) is 62.3 Å². The second-order valence-corrected chi connectivity index (χ2v) is 13.3. The van der Waals surface area contributed by atoms with Crippen molar-refractivity contribution >= 4 is 51.4 Å². The van der Waals surface area contributed by atoms with Crippen molar-refractivity contribution in [1.82, 2.24) is 24.5 Å². The maximum absolute atomic E-state index is 13.3. The van der Waals surface area contributed by atoms with Gasteiger partial charge in [-0.1, -0.05) is 23.4 Å². The maximum atomic E-state index is 13.3. The van der Waals surface area contributed by atoms with Crippen LogP contribution in [0.4, 0.5) is 5.82 Å². The van der Waals surface area contributed by atoms with Gasteiger partial charge in [-0.05, 0) is 50.7 Å². The second-order valence-electron chi connectivity index (χ2n) is 10.9. The highest BCUT2D eigenvalue weighted by Crippen LogP contribution is 2.51. The lowest BCUT2D eigenvalue weighted by Crippen LogP contribution is -2.44. The molecular weight excluding hydrogens is 554 g/mol. The van der Waals surface area contributed by atoms with E-state index in [1.54, 1.807) is 24.6 Å². The van der Waals surface area contributed by atoms with Crippen LogP contribution in [0, 0.1) is 5.41 Å². The van der Waals surface area contributed by atoms with Crippen LogP contribution in [0.3, 0.4) is 0 Å². The number of aromatic nitrogens is 5. The van der Waals surface area contributed by atoms with Gasteiger partial charge in [0.25, 0.3) is 5.56 Å². The Balaban J connectivity index is 1.16. The molecule has 1 atom stereocenters. The zero-order valence-corrected chi connectivity index (χ0v) is 24.4. The molecule has 1 aromatic carbocycles. The Kier molecular flexibility index (Phi) is 6.91. The summed E-state index contributed by atoms with van der Waals surface area (Å²) in [4.78, 5) is 35.9. The van der Waals surface area contributed by atoms with Crippen molar-refractivity contribution in [1.29, 1.82) is 0 Å². The van der Waals surface area contributed by atoms with Gasteiger partial charge in [0.15, 0.2) is 0 Å². The van der Waals surface area contributed by atoms with E-state index in [0.717, 1.165) is 48.8 Å². The summed E-state index contributed by atoms with van der Waals surface area (Å²) in [5, 5.41) is 1.45. The predicted octanol–water partition coefficient (Wildman–Crippen LogP) is 4.72. The van der Waals surface area contributed by atoms with Crippen LogP contribution in [-0.2, 0) is 17.7 Å². The average Bonchev–Trinajstić information content (AvgIpc) is 3.49. The number of rotatable bonds is 6. The molecule has 4 aromatic rings. The van der Waals surface area contributed by atoms with Crippen LogP contribution in [0.5, 0.6) is 0 Å². The molecule has 0 amide bonds. The summed E-state index contributed by atoms with van der Waals surface area (Å²) < 4.78 is 7.02. The van der Waals surface area contributed by atoms with Crippen LogP contribution >= 0.6 is 34.7 Å². The summed E-state index contributed by atoms with van der Waals surface area (Å²) in [7, 11) is 1.62. The van der Waals surface area contributed by atoms with Crippen molar-refractivity contribution in [3.63, 3.8) is 0 Å². The van der Waals surface area contributed by atoms with Gasteiger partial charge >= 0.3 is 0 Å². The second kappa shape index (κ2) is 10.1. The van der Waals surface area contributed by atoms with Crippen LogP contribution in [-0.4, -0.2) is 50.3 Å². The average molecular weight is 584 g/mol. The summed E-state index contributed by atoms with van der Waals surface area (Å²) in [6, 6.07) is 3.69. The molecule has 204 valence electrons. The Labute approximate surface area is 239 Å². The molecule has 0 radical (unpaired) electrons. The topological polar surface area (TPSA) is 112 Å². The molecular formula is C27H30ClN7O2S2. The fourth-order valence-electron chi connectivity index (χ4n) is 5.54. The zero-order valence-electron chi connectivity index (χ0n) is 22.1. The Hall–Kier alpha value is -2.57. The molecule has 12 heteroatoms. The van der Waals surface area contributed by atoms with Crippen molar-refractivity contribution in [3.8, 4) is 0 Å². The summed E-state index contributed by atoms with van der Waals surface area (Å²) in [5.41, 5.74) is 9.57. The standard InChI is InChI=1S/C27H30ClN7O2S2/c1-26(2,37-3)13-35-14-32-16-4-5-17(22(28)21(16)25(35)36)39-20-12-30-19(11-31-20)34-8-6-27(7-9-34)10-18-23(24(27)29)33-15-38-18/h4-5,11-12,14-15,24H,6-10,13,29H2,1-3H3/t24-/m1/s1. The summed E-state index contributed by atoms with van der Waals surface area (Å²) >= 11 is 9.85. The third-order valence-corrected chi connectivity index (χ3v) is 10.4. The van der Waals surface area contributed by atoms with Crippen LogP contribution in [0.15, 0.2) is 51.1 Å². The van der Waals surface area contributed by atoms with E-state index in [0.29, 0.717) is 27.5 Å². The van der Waals surface area contributed by atoms with Crippen molar-refractivity contribution < 1.29 is 4.74 Å². The van der Waals surface area contributed by atoms with Crippen LogP contribution in [0.25, 0.3) is 10.9 Å². The van der Waals surface area contributed by atoms with E-state index in [2.05, 4.69) is 19.9 Å². The van der Waals surface area contributed by atoms with Crippen molar-refractivity contribution in [2.75, 3.05) is 25.1 Å². The smallest absolute Gasteiger partial charge is 0.262 e. The van der Waals surface area contributed by atoms with Crippen molar-refractivity contribution in [2.45, 2.75) is 61.2 Å². The quantitative estimate of drug-likeness (QED) is 0.344. The Morgan fingerprint density at radius 2 is 2.00 bits per heavy atom. The van der Waals surface area contributed by atoms with Gasteiger partial charge < -0.3 is 15.4 Å². The van der Waals surface area contributed by atoms with E-state index in [9.17, 15) is 4.79 Å². The third kappa shape index (κ3) is 4.84. The highest BCUT2D eigenvalue weighted by atomic mass is 35.5. The van der Waals surface area contributed by atoms with Gasteiger partial charge in [-0.15, -0.1) is 11.3 Å². The molecule has 1 fully saturated rings. The molecule has 4 heterocycles. The minimum absolute atomic E-state index is 0.0169. The zero-order chi connectivity index (χ0) is 27.4. The molecule has 6 rings (SSSR count). The minimum Gasteiger partial charge on any atom is -0.377 e. The van der Waals surface area contributed by atoms with Crippen molar-refractivity contribution in [2.24, 2.45) is 11.1 Å². The van der Waals surface area contributed by atoms with Crippen LogP contribution in [0.2, 0.25) is 5.02 Å². The molecule has 39 heavy (non-hydrogen) atoms. The predicted molar refractivity (Wildman–Crippen MR) is 155 cm³/mol. The van der Waals surface area contributed by atoms with Gasteiger partial charge in [0.1, 0.15) is 10.8 Å². The molecule has 1 spiro atoms. The lowest BCUT2D eigenvalue weighted by atomic mass is 9.73. The number of halogens is 1. The van der Waals surface area contributed by atoms with Crippen LogP contribution < -0.4 is 16.2 Å². The monoisotopic (exact) mass is 583 g/mol. The van der Waals surface area contributed by atoms with Crippen LogP contribution in [0.1, 0.15) is 43.3 Å². The Morgan fingerprint density at radius 1 is 1.21 bits per heavy atom. The minimum atomic E-state index is -0.516. The number of nitrogens with zero attached hydrogens (tertiary/aromatic N) is 6. The number of benzene rings is 1. The molecule has 1 saturated heterocycles. The van der Waals surface area contributed by atoms with E-state index in [1.807, 2.05) is 37.7 Å². The largest absolute Gasteiger partial charge is 0.377 e. The number of thiazole rings is 1. The number of ether oxygens (including phenoxy) is 1. The lowest BCUT2D eigenvalue weighted by Gasteiger charge is -2.42. The molecule has 0 unspecified atom stereocenters. The molecule has 2 aliphatic rings. The SMILES string of the molecule is COC(C)(C)Cn1cnc2ccc(Sc3cnc(N4CCC5(CC4)Cc4scnc4[C@H]5N)cn3)c(Cl)c2c1=O. The molecule has 2 N–H and O–H groups in total. The normalized spacial score (nSPS) is 18.7. The number of fused-ring (bicyclic) bond motifs is 2. The van der Waals surface area contributed by atoms with E-state index < -0.39 is 5.60 Å². The molecule has 1 aliphatic carbocycles. The van der Waals surface area contributed by atoms with Gasteiger partial charge in [-0.3, -0.25) is 9.36 Å². The van der Waals surface area contributed by atoms with Gasteiger partial charge in [-0.2, -0.15) is 0 Å². The first-order valence-electron chi connectivity index (χ1n) is 12.9. The fourth-order valence-corrected chi connectivity index (χ4v) is 7.63. The number of hydrogen-bond donors (Lipinski definition) is 1. The van der Waals surface area contributed by atoms with Gasteiger partial charge in [0.05, 0.1) is 64.0 Å². The number of piperidine rings is 1. The molecule has 1 aliphatic heterocycles. The summed E-state index contributed by atoms with van der Waals surface area (Å²) in [6.07, 6.45) is 8.16. The number of anilines is 1. The highest BCUT2D eigenvalue weighted by molar-refractivity contribution is 7.99. The van der Waals surface area contributed by atoms with E-state index in [4.69, 9.17) is 27.1 Å².